The van der Waals surface area contributed by atoms with Crippen LogP contribution in [0.25, 0.3) is 0 Å². The molecule has 0 aliphatic carbocycles. The minimum atomic E-state index is 0.0451. The largest absolute Gasteiger partial charge is 0.359 e. The fraction of sp³-hybridized carbons (Fsp3) is 0.667. The van der Waals surface area contributed by atoms with Crippen molar-refractivity contribution in [3.63, 3.8) is 0 Å². The van der Waals surface area contributed by atoms with Gasteiger partial charge < -0.3 is 4.74 Å². The lowest BCUT2D eigenvalue weighted by Crippen LogP contribution is -2.21. The summed E-state index contributed by atoms with van der Waals surface area (Å²) in [5, 5.41) is 0. The molecule has 2 atom stereocenters. The molecule has 0 bridgehead atoms. The van der Waals surface area contributed by atoms with Gasteiger partial charge in [0.15, 0.2) is 6.23 Å². The fourth-order valence-corrected chi connectivity index (χ4v) is 1.32. The van der Waals surface area contributed by atoms with Crippen LogP contribution in [-0.4, -0.2) is 19.6 Å². The van der Waals surface area contributed by atoms with Crippen LogP contribution in [-0.2, 0) is 4.74 Å². The van der Waals surface area contributed by atoms with Gasteiger partial charge in [0.25, 0.3) is 0 Å². The van der Waals surface area contributed by atoms with Crippen molar-refractivity contribution in [2.75, 3.05) is 7.11 Å². The molecule has 2 nitrogen and oxygen atoms in total. The van der Waals surface area contributed by atoms with Crippen molar-refractivity contribution in [2.24, 2.45) is 10.9 Å². The summed E-state index contributed by atoms with van der Waals surface area (Å²) in [7, 11) is 1.71. The molecule has 11 heavy (non-hydrogen) atoms. The molecular weight excluding hydrogens is 138 g/mol. The monoisotopic (exact) mass is 153 g/mol. The van der Waals surface area contributed by atoms with Crippen LogP contribution in [0.3, 0.4) is 0 Å². The fourth-order valence-electron chi connectivity index (χ4n) is 1.32. The van der Waals surface area contributed by atoms with Gasteiger partial charge in [-0.2, -0.15) is 0 Å². The third kappa shape index (κ3) is 1.90. The molecular formula is C9H15NO. The second-order valence-electron chi connectivity index (χ2n) is 2.89. The van der Waals surface area contributed by atoms with Crippen molar-refractivity contribution in [1.82, 2.24) is 0 Å². The molecule has 2 heteroatoms. The molecule has 0 aromatic heterocycles. The second-order valence-corrected chi connectivity index (χ2v) is 2.89. The van der Waals surface area contributed by atoms with Gasteiger partial charge in [0, 0.05) is 19.2 Å². The lowest BCUT2D eigenvalue weighted by Gasteiger charge is -2.21. The van der Waals surface area contributed by atoms with Crippen molar-refractivity contribution in [3.05, 3.63) is 11.6 Å². The van der Waals surface area contributed by atoms with Crippen molar-refractivity contribution in [3.8, 4) is 0 Å². The maximum absolute atomic E-state index is 5.20. The van der Waals surface area contributed by atoms with Crippen LogP contribution >= 0.6 is 0 Å². The summed E-state index contributed by atoms with van der Waals surface area (Å²) in [5.41, 5.74) is 1.24. The quantitative estimate of drug-likeness (QED) is 0.594. The van der Waals surface area contributed by atoms with Crippen molar-refractivity contribution in [1.29, 1.82) is 0 Å². The van der Waals surface area contributed by atoms with Gasteiger partial charge in [0.05, 0.1) is 0 Å². The molecule has 1 rings (SSSR count). The minimum absolute atomic E-state index is 0.0451. The Bertz CT molecular complexity index is 184. The van der Waals surface area contributed by atoms with Crippen LogP contribution in [0.1, 0.15) is 20.3 Å². The highest BCUT2D eigenvalue weighted by Gasteiger charge is 2.18. The van der Waals surface area contributed by atoms with Crippen LogP contribution in [0.2, 0.25) is 0 Å². The van der Waals surface area contributed by atoms with E-state index >= 15 is 0 Å². The van der Waals surface area contributed by atoms with Gasteiger partial charge in [-0.3, -0.25) is 4.99 Å². The van der Waals surface area contributed by atoms with Crippen LogP contribution in [0.5, 0.6) is 0 Å². The van der Waals surface area contributed by atoms with E-state index in [1.54, 1.807) is 7.11 Å². The first-order chi connectivity index (χ1) is 5.27. The second kappa shape index (κ2) is 3.67. The van der Waals surface area contributed by atoms with E-state index in [1.165, 1.54) is 5.57 Å². The zero-order valence-corrected chi connectivity index (χ0v) is 7.37. The van der Waals surface area contributed by atoms with E-state index in [0.29, 0.717) is 5.92 Å². The number of hydrogen-bond acceptors (Lipinski definition) is 2. The average molecular weight is 153 g/mol. The molecule has 0 saturated carbocycles. The summed E-state index contributed by atoms with van der Waals surface area (Å²) in [4.78, 5) is 4.27. The lowest BCUT2D eigenvalue weighted by molar-refractivity contribution is 0.0737. The predicted octanol–water partition coefficient (Wildman–Crippen LogP) is 2.02. The Kier molecular flexibility index (Phi) is 2.83. The van der Waals surface area contributed by atoms with E-state index < -0.39 is 0 Å². The highest BCUT2D eigenvalue weighted by atomic mass is 16.5. The Hall–Kier alpha value is -0.630. The molecule has 2 unspecified atom stereocenters. The number of hydrogen-bond donors (Lipinski definition) is 0. The van der Waals surface area contributed by atoms with Gasteiger partial charge in [-0.15, -0.1) is 0 Å². The zero-order valence-electron chi connectivity index (χ0n) is 7.37. The third-order valence-electron chi connectivity index (χ3n) is 1.98. The van der Waals surface area contributed by atoms with Crippen LogP contribution in [0, 0.1) is 5.92 Å². The number of methoxy groups -OCH3 is 1. The van der Waals surface area contributed by atoms with Crippen LogP contribution in [0.15, 0.2) is 16.6 Å². The Morgan fingerprint density at radius 3 is 2.91 bits per heavy atom. The van der Waals surface area contributed by atoms with Gasteiger partial charge in [-0.1, -0.05) is 13.0 Å². The van der Waals surface area contributed by atoms with E-state index in [-0.39, 0.29) is 6.23 Å². The van der Waals surface area contributed by atoms with E-state index in [1.807, 2.05) is 6.21 Å². The maximum atomic E-state index is 5.20. The minimum Gasteiger partial charge on any atom is -0.359 e. The van der Waals surface area contributed by atoms with E-state index in [9.17, 15) is 0 Å². The summed E-state index contributed by atoms with van der Waals surface area (Å²) >= 11 is 0. The molecule has 1 heterocycles. The molecule has 62 valence electrons. The summed E-state index contributed by atoms with van der Waals surface area (Å²) in [6.45, 7) is 4.22. The first kappa shape index (κ1) is 8.47. The van der Waals surface area contributed by atoms with Gasteiger partial charge >= 0.3 is 0 Å². The van der Waals surface area contributed by atoms with Crippen LogP contribution in [0.4, 0.5) is 0 Å². The summed E-state index contributed by atoms with van der Waals surface area (Å²) in [6.07, 6.45) is 5.23. The summed E-state index contributed by atoms with van der Waals surface area (Å²) in [6, 6.07) is 0. The summed E-state index contributed by atoms with van der Waals surface area (Å²) in [5.74, 6) is 0.463. The smallest absolute Gasteiger partial charge is 0.154 e. The zero-order chi connectivity index (χ0) is 8.27. The number of rotatable bonds is 2. The van der Waals surface area contributed by atoms with Gasteiger partial charge in [-0.05, 0) is 18.9 Å². The number of ether oxygens (including phenoxy) is 1. The first-order valence-corrected chi connectivity index (χ1v) is 4.02. The SMILES string of the molecule is CCC1C=C(C)C=NC1OC. The maximum Gasteiger partial charge on any atom is 0.154 e. The number of dihydropyridines is 1. The molecule has 1 aliphatic rings. The molecule has 0 saturated heterocycles. The van der Waals surface area contributed by atoms with Gasteiger partial charge in [0.1, 0.15) is 0 Å². The average Bonchev–Trinajstić information content (AvgIpc) is 2.04. The van der Waals surface area contributed by atoms with Gasteiger partial charge in [-0.25, -0.2) is 0 Å². The first-order valence-electron chi connectivity index (χ1n) is 4.02. The molecule has 0 aromatic rings. The molecule has 1 aliphatic heterocycles. The Labute approximate surface area is 68.0 Å². The van der Waals surface area contributed by atoms with Crippen LogP contribution < -0.4 is 0 Å². The Balaban J connectivity index is 2.66. The molecule has 0 spiro atoms. The third-order valence-corrected chi connectivity index (χ3v) is 1.98. The number of aliphatic imine (C=N–C) groups is 1. The molecule has 0 N–H and O–H groups in total. The molecule has 0 radical (unpaired) electrons. The standard InChI is InChI=1S/C9H15NO/c1-4-8-5-7(2)6-10-9(8)11-3/h5-6,8-9H,4H2,1-3H3. The predicted molar refractivity (Wildman–Crippen MR) is 46.8 cm³/mol. The van der Waals surface area contributed by atoms with E-state index in [2.05, 4.69) is 24.9 Å². The molecule has 0 aromatic carbocycles. The van der Waals surface area contributed by atoms with Crippen molar-refractivity contribution < 1.29 is 4.74 Å². The highest BCUT2D eigenvalue weighted by Crippen LogP contribution is 2.19. The van der Waals surface area contributed by atoms with Crippen molar-refractivity contribution >= 4 is 6.21 Å². The highest BCUT2D eigenvalue weighted by molar-refractivity contribution is 5.78. The Morgan fingerprint density at radius 2 is 2.36 bits per heavy atom. The Morgan fingerprint density at radius 1 is 1.64 bits per heavy atom. The van der Waals surface area contributed by atoms with E-state index in [4.69, 9.17) is 4.74 Å². The summed E-state index contributed by atoms with van der Waals surface area (Å²) < 4.78 is 5.20. The number of allylic oxidation sites excluding steroid dienone is 1. The van der Waals surface area contributed by atoms with Crippen molar-refractivity contribution in [2.45, 2.75) is 26.5 Å². The molecule has 0 amide bonds. The number of nitrogens with zero attached hydrogens (tertiary/aromatic N) is 1. The molecule has 0 fully saturated rings. The van der Waals surface area contributed by atoms with E-state index in [0.717, 1.165) is 6.42 Å². The normalized spacial score (nSPS) is 30.3. The van der Waals surface area contributed by atoms with Gasteiger partial charge in [0.2, 0.25) is 0 Å². The topological polar surface area (TPSA) is 21.6 Å². The lowest BCUT2D eigenvalue weighted by atomic mass is 10.00.